The van der Waals surface area contributed by atoms with E-state index >= 15 is 0 Å². The molecule has 0 aromatic carbocycles. The van der Waals surface area contributed by atoms with Crippen LogP contribution in [-0.4, -0.2) is 107 Å². The number of aliphatic hydroxyl groups excluding tert-OH is 3. The minimum atomic E-state index is -0.595. The Balaban J connectivity index is 4.66. The Labute approximate surface area is 352 Å². The lowest BCUT2D eigenvalue weighted by Crippen LogP contribution is -2.40. The second-order valence-corrected chi connectivity index (χ2v) is 17.4. The average molecular weight is 826 g/mol. The lowest BCUT2D eigenvalue weighted by atomic mass is 9.95. The van der Waals surface area contributed by atoms with Crippen molar-refractivity contribution < 1.29 is 34.4 Å². The first-order chi connectivity index (χ1) is 27.3. The fourth-order valence-corrected chi connectivity index (χ4v) is 7.85. The van der Waals surface area contributed by atoms with Crippen molar-refractivity contribution >= 4 is 35.5 Å². The summed E-state index contributed by atoms with van der Waals surface area (Å²) in [7, 11) is 0. The maximum absolute atomic E-state index is 12.9. The Kier molecular flexibility index (Phi) is 40.7. The largest absolute Gasteiger partial charge is 0.465 e. The van der Waals surface area contributed by atoms with Crippen LogP contribution in [0.25, 0.3) is 0 Å². The second kappa shape index (κ2) is 41.7. The molecule has 56 heavy (non-hydrogen) atoms. The van der Waals surface area contributed by atoms with E-state index in [1.807, 2.05) is 0 Å². The van der Waals surface area contributed by atoms with Gasteiger partial charge in [0.05, 0.1) is 24.0 Å². The highest BCUT2D eigenvalue weighted by atomic mass is 32.2. The van der Waals surface area contributed by atoms with Gasteiger partial charge in [-0.05, 0) is 70.8 Å². The number of esters is 2. The fourth-order valence-electron chi connectivity index (χ4n) is 6.35. The van der Waals surface area contributed by atoms with Gasteiger partial charge < -0.3 is 24.8 Å². The highest BCUT2D eigenvalue weighted by Crippen LogP contribution is 2.21. The van der Waals surface area contributed by atoms with Crippen LogP contribution in [0, 0.1) is 35.5 Å². The van der Waals surface area contributed by atoms with Crippen molar-refractivity contribution in [1.29, 1.82) is 0 Å². The zero-order valence-corrected chi connectivity index (χ0v) is 37.8. The molecule has 4 unspecified atom stereocenters. The number of rotatable bonds is 38. The van der Waals surface area contributed by atoms with Crippen molar-refractivity contribution in [3.63, 3.8) is 0 Å². The number of hydrogen-bond acceptors (Lipinski definition) is 10. The first kappa shape index (κ1) is 54.6. The first-order valence-corrected chi connectivity index (χ1v) is 24.7. The Morgan fingerprint density at radius 3 is 1.39 bits per heavy atom. The molecule has 326 valence electrons. The summed E-state index contributed by atoms with van der Waals surface area (Å²) in [6, 6.07) is 0. The van der Waals surface area contributed by atoms with Crippen LogP contribution >= 0.6 is 23.5 Å². The average Bonchev–Trinajstić information content (AvgIpc) is 3.18. The SMILES string of the molecule is CCCC#CCCCC(CCCCCC)C(=O)OCCSCC(O)CN(CCCCO)CC(O)CSCCOC(=O)C(CCCC#CCCC)CCCCCC. The lowest BCUT2D eigenvalue weighted by molar-refractivity contribution is -0.149. The van der Waals surface area contributed by atoms with Gasteiger partial charge in [0, 0.05) is 68.4 Å². The lowest BCUT2D eigenvalue weighted by Gasteiger charge is -2.27. The van der Waals surface area contributed by atoms with Crippen LogP contribution < -0.4 is 0 Å². The molecular formula is C46H83NO7S2. The minimum absolute atomic E-state index is 0.0734. The van der Waals surface area contributed by atoms with Crippen LogP contribution in [0.15, 0.2) is 0 Å². The van der Waals surface area contributed by atoms with E-state index in [4.69, 9.17) is 9.47 Å². The van der Waals surface area contributed by atoms with E-state index in [0.717, 1.165) is 109 Å². The van der Waals surface area contributed by atoms with Gasteiger partial charge in [-0.3, -0.25) is 14.5 Å². The van der Waals surface area contributed by atoms with Crippen molar-refractivity contribution in [1.82, 2.24) is 4.90 Å². The normalized spacial score (nSPS) is 13.3. The molecule has 0 saturated carbocycles. The van der Waals surface area contributed by atoms with E-state index in [2.05, 4.69) is 56.3 Å². The molecule has 10 heteroatoms. The number of unbranched alkanes of at least 4 members (excludes halogenated alkanes) is 11. The molecule has 0 aliphatic carbocycles. The fraction of sp³-hybridized carbons (Fsp3) is 0.870. The van der Waals surface area contributed by atoms with Crippen molar-refractivity contribution in [3.8, 4) is 23.7 Å². The molecule has 0 fully saturated rings. The van der Waals surface area contributed by atoms with Gasteiger partial charge in [0.2, 0.25) is 0 Å². The number of carbonyl (C=O) groups excluding carboxylic acids is 2. The van der Waals surface area contributed by atoms with Gasteiger partial charge in [0.1, 0.15) is 13.2 Å². The van der Waals surface area contributed by atoms with Gasteiger partial charge in [-0.1, -0.05) is 79.1 Å². The van der Waals surface area contributed by atoms with Gasteiger partial charge in [-0.15, -0.1) is 23.7 Å². The first-order valence-electron chi connectivity index (χ1n) is 22.4. The number of thioether (sulfide) groups is 2. The molecule has 8 nitrogen and oxygen atoms in total. The third kappa shape index (κ3) is 34.6. The van der Waals surface area contributed by atoms with E-state index in [0.29, 0.717) is 62.3 Å². The number of aliphatic hydroxyl groups is 3. The molecule has 4 atom stereocenters. The molecule has 0 rings (SSSR count). The maximum atomic E-state index is 12.9. The summed E-state index contributed by atoms with van der Waals surface area (Å²) >= 11 is 3.14. The summed E-state index contributed by atoms with van der Waals surface area (Å²) in [6.45, 7) is 10.9. The quantitative estimate of drug-likeness (QED) is 0.0316. The van der Waals surface area contributed by atoms with Crippen LogP contribution in [0.1, 0.15) is 169 Å². The van der Waals surface area contributed by atoms with Crippen molar-refractivity contribution in [3.05, 3.63) is 0 Å². The highest BCUT2D eigenvalue weighted by molar-refractivity contribution is 7.99. The third-order valence-corrected chi connectivity index (χ3v) is 11.7. The highest BCUT2D eigenvalue weighted by Gasteiger charge is 2.21. The summed E-state index contributed by atoms with van der Waals surface area (Å²) in [6.07, 6.45) is 20.2. The van der Waals surface area contributed by atoms with Crippen molar-refractivity contribution in [2.24, 2.45) is 11.8 Å². The molecule has 0 heterocycles. The summed E-state index contributed by atoms with van der Waals surface area (Å²) in [5, 5.41) is 31.0. The Hall–Kier alpha value is -1.40. The van der Waals surface area contributed by atoms with E-state index in [-0.39, 0.29) is 30.4 Å². The maximum Gasteiger partial charge on any atom is 0.308 e. The smallest absolute Gasteiger partial charge is 0.308 e. The summed E-state index contributed by atoms with van der Waals surface area (Å²) in [4.78, 5) is 27.9. The van der Waals surface area contributed by atoms with Gasteiger partial charge in [0.25, 0.3) is 0 Å². The van der Waals surface area contributed by atoms with Gasteiger partial charge in [-0.2, -0.15) is 23.5 Å². The van der Waals surface area contributed by atoms with Crippen LogP contribution in [0.4, 0.5) is 0 Å². The number of ether oxygens (including phenoxy) is 2. The molecule has 0 aromatic rings. The number of hydrogen-bond donors (Lipinski definition) is 3. The van der Waals surface area contributed by atoms with Gasteiger partial charge in [0.15, 0.2) is 0 Å². The number of nitrogens with zero attached hydrogens (tertiary/aromatic N) is 1. The Morgan fingerprint density at radius 2 is 0.982 bits per heavy atom. The predicted octanol–water partition coefficient (Wildman–Crippen LogP) is 9.46. The zero-order valence-electron chi connectivity index (χ0n) is 36.2. The molecule has 0 aliphatic rings. The summed E-state index contributed by atoms with van der Waals surface area (Å²) < 4.78 is 11.4. The van der Waals surface area contributed by atoms with Gasteiger partial charge >= 0.3 is 11.9 Å². The molecule has 0 aromatic heterocycles. The molecule has 0 radical (unpaired) electrons. The minimum Gasteiger partial charge on any atom is -0.465 e. The molecule has 0 amide bonds. The van der Waals surface area contributed by atoms with Crippen LogP contribution in [0.5, 0.6) is 0 Å². The molecule has 0 bridgehead atoms. The topological polar surface area (TPSA) is 117 Å². The van der Waals surface area contributed by atoms with Crippen molar-refractivity contribution in [2.75, 3.05) is 62.5 Å². The Morgan fingerprint density at radius 1 is 0.554 bits per heavy atom. The monoisotopic (exact) mass is 826 g/mol. The van der Waals surface area contributed by atoms with E-state index in [9.17, 15) is 24.9 Å². The van der Waals surface area contributed by atoms with Crippen LogP contribution in [-0.2, 0) is 19.1 Å². The van der Waals surface area contributed by atoms with E-state index in [1.54, 1.807) is 23.5 Å². The predicted molar refractivity (Wildman–Crippen MR) is 239 cm³/mol. The van der Waals surface area contributed by atoms with Crippen LogP contribution in [0.2, 0.25) is 0 Å². The molecule has 0 aliphatic heterocycles. The third-order valence-electron chi connectivity index (χ3n) is 9.57. The van der Waals surface area contributed by atoms with Gasteiger partial charge in [-0.25, -0.2) is 0 Å². The van der Waals surface area contributed by atoms with E-state index in [1.165, 1.54) is 25.7 Å². The summed E-state index contributed by atoms with van der Waals surface area (Å²) in [5.74, 6) is 14.7. The van der Waals surface area contributed by atoms with Crippen molar-refractivity contribution in [2.45, 2.75) is 181 Å². The Bertz CT molecular complexity index is 964. The number of carbonyl (C=O) groups is 2. The summed E-state index contributed by atoms with van der Waals surface area (Å²) in [5.41, 5.74) is 0. The zero-order chi connectivity index (χ0) is 41.3. The molecular weight excluding hydrogens is 743 g/mol. The molecule has 3 N–H and O–H groups in total. The second-order valence-electron chi connectivity index (χ2n) is 15.1. The standard InChI is InChI=1S/C46H83NO7S2/c1-5-9-13-17-19-23-29-41(27-21-15-11-7-3)45(51)53-33-35-55-39-43(49)37-47(31-25-26-32-48)38-44(50)40-56-36-34-54-46(52)42(28-22-16-12-8-4)30-24-20-18-14-10-6-2/h41-44,48-50H,5-12,15-16,19-40H2,1-4H3. The molecule has 0 saturated heterocycles. The molecule has 0 spiro atoms. The van der Waals surface area contributed by atoms with E-state index < -0.39 is 12.2 Å². The van der Waals surface area contributed by atoms with Crippen LogP contribution in [0.3, 0.4) is 0 Å².